The Hall–Kier alpha value is -1.53. The van der Waals surface area contributed by atoms with Crippen molar-refractivity contribution < 1.29 is 14.3 Å². The third kappa shape index (κ3) is 6.04. The fraction of sp³-hybridized carbons (Fsp3) is 0.579. The third-order valence-corrected chi connectivity index (χ3v) is 5.74. The molecule has 2 rings (SSSR count). The highest BCUT2D eigenvalue weighted by atomic mass is 32.2. The highest BCUT2D eigenvalue weighted by molar-refractivity contribution is 7.98. The maximum atomic E-state index is 12.6. The Morgan fingerprint density at radius 2 is 2.20 bits per heavy atom. The van der Waals surface area contributed by atoms with Gasteiger partial charge in [-0.15, -0.1) is 0 Å². The lowest BCUT2D eigenvalue weighted by atomic mass is 9.74. The molecule has 0 bridgehead atoms. The lowest BCUT2D eigenvalue weighted by Gasteiger charge is -2.37. The van der Waals surface area contributed by atoms with Gasteiger partial charge in [0.1, 0.15) is 0 Å². The summed E-state index contributed by atoms with van der Waals surface area (Å²) in [7, 11) is 1.40. The van der Waals surface area contributed by atoms with Crippen molar-refractivity contribution in [1.29, 1.82) is 0 Å². The maximum Gasteiger partial charge on any atom is 0.306 e. The van der Waals surface area contributed by atoms with Crippen molar-refractivity contribution in [3.63, 3.8) is 0 Å². The number of hydrogen-bond acceptors (Lipinski definition) is 5. The van der Waals surface area contributed by atoms with Gasteiger partial charge in [0.15, 0.2) is 0 Å². The highest BCUT2D eigenvalue weighted by Crippen LogP contribution is 2.32. The molecular weight excluding hydrogens is 336 g/mol. The first-order valence-corrected chi connectivity index (χ1v) is 9.91. The zero-order valence-corrected chi connectivity index (χ0v) is 15.9. The van der Waals surface area contributed by atoms with Crippen LogP contribution in [0.2, 0.25) is 0 Å². The van der Waals surface area contributed by atoms with Crippen LogP contribution in [-0.4, -0.2) is 30.3 Å². The molecular formula is C19H28N2O3S. The van der Waals surface area contributed by atoms with Gasteiger partial charge >= 0.3 is 5.97 Å². The molecule has 25 heavy (non-hydrogen) atoms. The standard InChI is InChI=1S/C19H28N2O3S/c1-19(20)10-4-3-8-16(19)18(23)21-15-7-5-6-14(12-15)13-25-11-9-17(22)24-2/h5-7,12,16H,3-4,8-11,13,20H2,1-2H3,(H,21,23). The first kappa shape index (κ1) is 19.8. The molecule has 1 aliphatic carbocycles. The molecule has 0 aromatic heterocycles. The van der Waals surface area contributed by atoms with Crippen molar-refractivity contribution in [1.82, 2.24) is 0 Å². The molecule has 5 nitrogen and oxygen atoms in total. The molecule has 0 saturated heterocycles. The summed E-state index contributed by atoms with van der Waals surface area (Å²) in [5, 5.41) is 3.02. The number of amides is 1. The van der Waals surface area contributed by atoms with E-state index in [1.54, 1.807) is 11.8 Å². The summed E-state index contributed by atoms with van der Waals surface area (Å²) in [6.45, 7) is 1.98. The van der Waals surface area contributed by atoms with Crippen LogP contribution in [0.1, 0.15) is 44.6 Å². The number of nitrogens with two attached hydrogens (primary N) is 1. The van der Waals surface area contributed by atoms with Gasteiger partial charge in [0.25, 0.3) is 0 Å². The summed E-state index contributed by atoms with van der Waals surface area (Å²) in [4.78, 5) is 23.7. The molecule has 1 amide bonds. The Balaban J connectivity index is 1.88. The predicted octanol–water partition coefficient (Wildman–Crippen LogP) is 3.33. The predicted molar refractivity (Wildman–Crippen MR) is 102 cm³/mol. The van der Waals surface area contributed by atoms with Crippen molar-refractivity contribution in [3.05, 3.63) is 29.8 Å². The summed E-state index contributed by atoms with van der Waals surface area (Å²) < 4.78 is 4.63. The van der Waals surface area contributed by atoms with Crippen LogP contribution in [0.15, 0.2) is 24.3 Å². The topological polar surface area (TPSA) is 81.4 Å². The molecule has 0 radical (unpaired) electrons. The van der Waals surface area contributed by atoms with Crippen molar-refractivity contribution in [2.75, 3.05) is 18.2 Å². The Morgan fingerprint density at radius 3 is 2.92 bits per heavy atom. The van der Waals surface area contributed by atoms with Gasteiger partial charge in [-0.1, -0.05) is 25.0 Å². The molecule has 1 aliphatic rings. The lowest BCUT2D eigenvalue weighted by Crippen LogP contribution is -2.51. The maximum absolute atomic E-state index is 12.6. The molecule has 138 valence electrons. The van der Waals surface area contributed by atoms with Gasteiger partial charge in [0.2, 0.25) is 5.91 Å². The van der Waals surface area contributed by atoms with Crippen LogP contribution in [0.25, 0.3) is 0 Å². The van der Waals surface area contributed by atoms with Crippen LogP contribution in [0, 0.1) is 5.92 Å². The highest BCUT2D eigenvalue weighted by Gasteiger charge is 2.37. The summed E-state index contributed by atoms with van der Waals surface area (Å²) in [5.74, 6) is 1.20. The van der Waals surface area contributed by atoms with E-state index in [0.717, 1.165) is 48.4 Å². The minimum absolute atomic E-state index is 0.0141. The number of hydrogen-bond donors (Lipinski definition) is 2. The smallest absolute Gasteiger partial charge is 0.306 e. The van der Waals surface area contributed by atoms with Gasteiger partial charge in [-0.25, -0.2) is 0 Å². The largest absolute Gasteiger partial charge is 0.469 e. The van der Waals surface area contributed by atoms with Gasteiger partial charge in [0.05, 0.1) is 19.4 Å². The number of ether oxygens (including phenoxy) is 1. The van der Waals surface area contributed by atoms with Gasteiger partial charge in [-0.05, 0) is 37.5 Å². The van der Waals surface area contributed by atoms with Crippen LogP contribution in [-0.2, 0) is 20.1 Å². The van der Waals surface area contributed by atoms with Crippen molar-refractivity contribution in [2.24, 2.45) is 11.7 Å². The molecule has 1 aromatic rings. The van der Waals surface area contributed by atoms with E-state index in [0.29, 0.717) is 6.42 Å². The number of esters is 1. The van der Waals surface area contributed by atoms with Crippen molar-refractivity contribution >= 4 is 29.3 Å². The zero-order chi connectivity index (χ0) is 18.3. The number of carbonyl (C=O) groups excluding carboxylic acids is 2. The van der Waals surface area contributed by atoms with Crippen LogP contribution in [0.5, 0.6) is 0 Å². The Morgan fingerprint density at radius 1 is 1.40 bits per heavy atom. The third-order valence-electron chi connectivity index (χ3n) is 4.71. The lowest BCUT2D eigenvalue weighted by molar-refractivity contribution is -0.140. The Bertz CT molecular complexity index is 604. The average molecular weight is 365 g/mol. The van der Waals surface area contributed by atoms with Crippen molar-refractivity contribution in [3.8, 4) is 0 Å². The average Bonchev–Trinajstić information content (AvgIpc) is 2.58. The SMILES string of the molecule is COC(=O)CCSCc1cccc(NC(=O)C2CCCCC2(C)N)c1. The molecule has 2 unspecified atom stereocenters. The van der Waals surface area contributed by atoms with Gasteiger partial charge < -0.3 is 15.8 Å². The van der Waals surface area contributed by atoms with Crippen LogP contribution < -0.4 is 11.1 Å². The van der Waals surface area contributed by atoms with Crippen LogP contribution >= 0.6 is 11.8 Å². The fourth-order valence-electron chi connectivity index (χ4n) is 3.20. The van der Waals surface area contributed by atoms with E-state index >= 15 is 0 Å². The van der Waals surface area contributed by atoms with E-state index < -0.39 is 5.54 Å². The molecule has 1 fully saturated rings. The molecule has 1 aromatic carbocycles. The van der Waals surface area contributed by atoms with E-state index in [1.807, 2.05) is 31.2 Å². The number of rotatable bonds is 7. The van der Waals surface area contributed by atoms with Crippen molar-refractivity contribution in [2.45, 2.75) is 50.3 Å². The molecule has 2 atom stereocenters. The van der Waals surface area contributed by atoms with E-state index in [2.05, 4.69) is 10.1 Å². The second-order valence-corrected chi connectivity index (χ2v) is 7.98. The van der Waals surface area contributed by atoms with Gasteiger partial charge in [-0.2, -0.15) is 11.8 Å². The summed E-state index contributed by atoms with van der Waals surface area (Å²) in [5.41, 5.74) is 7.82. The molecule has 0 spiro atoms. The van der Waals surface area contributed by atoms with Crippen LogP contribution in [0.3, 0.4) is 0 Å². The number of anilines is 1. The number of nitrogens with one attached hydrogen (secondary N) is 1. The first-order chi connectivity index (χ1) is 11.9. The molecule has 1 saturated carbocycles. The van der Waals surface area contributed by atoms with E-state index in [9.17, 15) is 9.59 Å². The Labute approximate surface area is 154 Å². The summed E-state index contributed by atoms with van der Waals surface area (Å²) >= 11 is 1.67. The Kier molecular flexibility index (Phi) is 7.32. The van der Waals surface area contributed by atoms with Gasteiger partial charge in [-0.3, -0.25) is 9.59 Å². The fourth-order valence-corrected chi connectivity index (χ4v) is 4.08. The number of carbonyl (C=O) groups is 2. The molecule has 6 heteroatoms. The van der Waals surface area contributed by atoms with E-state index in [-0.39, 0.29) is 17.8 Å². The number of thioether (sulfide) groups is 1. The van der Waals surface area contributed by atoms with E-state index in [4.69, 9.17) is 5.73 Å². The number of methoxy groups -OCH3 is 1. The molecule has 0 aliphatic heterocycles. The second kappa shape index (κ2) is 9.25. The molecule has 0 heterocycles. The monoisotopic (exact) mass is 364 g/mol. The summed E-state index contributed by atoms with van der Waals surface area (Å²) in [6.07, 6.45) is 4.30. The number of benzene rings is 1. The normalized spacial score (nSPS) is 23.1. The minimum Gasteiger partial charge on any atom is -0.469 e. The summed E-state index contributed by atoms with van der Waals surface area (Å²) in [6, 6.07) is 7.85. The van der Waals surface area contributed by atoms with E-state index in [1.165, 1.54) is 7.11 Å². The van der Waals surface area contributed by atoms with Crippen LogP contribution in [0.4, 0.5) is 5.69 Å². The zero-order valence-electron chi connectivity index (χ0n) is 15.0. The molecule has 3 N–H and O–H groups in total. The minimum atomic E-state index is -0.427. The quantitative estimate of drug-likeness (QED) is 0.573. The second-order valence-electron chi connectivity index (χ2n) is 6.87. The van der Waals surface area contributed by atoms with Gasteiger partial charge in [0, 0.05) is 22.7 Å². The first-order valence-electron chi connectivity index (χ1n) is 8.75.